The summed E-state index contributed by atoms with van der Waals surface area (Å²) in [5.41, 5.74) is 8.12. The summed E-state index contributed by atoms with van der Waals surface area (Å²) < 4.78 is 32.9. The van der Waals surface area contributed by atoms with Crippen molar-refractivity contribution in [1.82, 2.24) is 9.97 Å². The Morgan fingerprint density at radius 1 is 1.18 bits per heavy atom. The molecule has 0 saturated carbocycles. The quantitative estimate of drug-likeness (QED) is 0.190. The van der Waals surface area contributed by atoms with E-state index in [4.69, 9.17) is 20.0 Å². The first-order valence-corrected chi connectivity index (χ1v) is 13.8. The minimum absolute atomic E-state index is 0.118. The second-order valence-electron chi connectivity index (χ2n) is 7.30. The van der Waals surface area contributed by atoms with E-state index in [-0.39, 0.29) is 19.6 Å². The molecule has 3 aromatic rings. The van der Waals surface area contributed by atoms with Gasteiger partial charge in [-0.1, -0.05) is 41.7 Å². The van der Waals surface area contributed by atoms with Gasteiger partial charge < -0.3 is 25.5 Å². The number of nitrogens with zero attached hydrogens (tertiary/aromatic N) is 3. The number of hydrogen-bond donors (Lipinski definition) is 5. The van der Waals surface area contributed by atoms with Crippen molar-refractivity contribution in [2.24, 2.45) is 0 Å². The summed E-state index contributed by atoms with van der Waals surface area (Å²) in [7, 11) is -10.2. The number of aromatic nitrogens is 3. The van der Waals surface area contributed by atoms with Crippen molar-refractivity contribution in [3.8, 4) is 0 Å². The highest BCUT2D eigenvalue weighted by molar-refractivity contribution is 7.60. The Morgan fingerprint density at radius 3 is 2.47 bits per heavy atom. The molecule has 1 aromatic carbocycles. The number of aliphatic hydroxyl groups is 1. The van der Waals surface area contributed by atoms with Crippen LogP contribution in [0.1, 0.15) is 38.6 Å². The Balaban J connectivity index is 1.90. The van der Waals surface area contributed by atoms with Crippen LogP contribution in [0.2, 0.25) is 0 Å². The summed E-state index contributed by atoms with van der Waals surface area (Å²) in [4.78, 5) is 36.0. The van der Waals surface area contributed by atoms with Gasteiger partial charge in [-0.2, -0.15) is 8.88 Å². The number of nitrogens with two attached hydrogens (primary N) is 1. The van der Waals surface area contributed by atoms with Gasteiger partial charge in [0.15, 0.2) is 18.3 Å². The lowest BCUT2D eigenvalue weighted by atomic mass is 10.1. The average Bonchev–Trinajstić information content (AvgIpc) is 3.04. The minimum atomic E-state index is -5.20. The topological polar surface area (TPSA) is 189 Å². The van der Waals surface area contributed by atoms with Crippen molar-refractivity contribution >= 4 is 32.8 Å². The molecule has 3 rings (SSSR count). The van der Waals surface area contributed by atoms with E-state index in [1.807, 2.05) is 29.7 Å². The first-order valence-electron chi connectivity index (χ1n) is 9.93. The molecule has 0 aliphatic heterocycles. The van der Waals surface area contributed by atoms with Crippen LogP contribution in [0, 0.1) is 13.8 Å². The standard InChI is InChI=1S/C19H24N4O8P2S/c1-12-16(8-9-30-33(28,29)31-32(25,26)27)34-19(17(24)14-6-4-3-5-7-14)23(12)11-15-10-21-13(2)22-18(15)20/h3-7,10,17,24H,8-9,11H2,1-2H3,(H4-,20,21,22,25,26,27,28,29)/p+1. The molecule has 2 unspecified atom stereocenters. The van der Waals surface area contributed by atoms with Crippen LogP contribution >= 0.6 is 27.0 Å². The number of phosphoric acid groups is 2. The number of phosphoric ester groups is 1. The van der Waals surface area contributed by atoms with Gasteiger partial charge in [-0.3, -0.25) is 4.52 Å². The van der Waals surface area contributed by atoms with E-state index in [1.165, 1.54) is 11.3 Å². The van der Waals surface area contributed by atoms with Crippen LogP contribution in [0.4, 0.5) is 5.82 Å². The zero-order valence-corrected chi connectivity index (χ0v) is 20.9. The number of benzene rings is 1. The van der Waals surface area contributed by atoms with Gasteiger partial charge in [-0.05, 0) is 12.5 Å². The molecular weight excluding hydrogens is 506 g/mol. The van der Waals surface area contributed by atoms with Gasteiger partial charge in [0.25, 0.3) is 5.01 Å². The molecule has 0 fully saturated rings. The number of rotatable bonds is 10. The van der Waals surface area contributed by atoms with E-state index in [9.17, 15) is 19.1 Å². The number of thiazole rings is 1. The summed E-state index contributed by atoms with van der Waals surface area (Å²) in [6.45, 7) is 3.45. The van der Waals surface area contributed by atoms with Crippen molar-refractivity contribution in [2.75, 3.05) is 12.3 Å². The second kappa shape index (κ2) is 10.7. The largest absolute Gasteiger partial charge is 0.481 e. The SMILES string of the molecule is Cc1ncc(C[n+]2c(C(O)c3ccccc3)sc(CCOP(=O)(O)OP(=O)(O)O)c2C)c(N)n1. The predicted molar refractivity (Wildman–Crippen MR) is 123 cm³/mol. The average molecular weight is 531 g/mol. The van der Waals surface area contributed by atoms with Crippen LogP contribution in [0.3, 0.4) is 0 Å². The van der Waals surface area contributed by atoms with E-state index in [0.717, 1.165) is 5.69 Å². The zero-order chi connectivity index (χ0) is 25.1. The summed E-state index contributed by atoms with van der Waals surface area (Å²) in [6.07, 6.45) is 0.770. The van der Waals surface area contributed by atoms with E-state index in [1.54, 1.807) is 25.3 Å². The van der Waals surface area contributed by atoms with E-state index >= 15 is 0 Å². The summed E-state index contributed by atoms with van der Waals surface area (Å²) in [5, 5.41) is 11.7. The lowest BCUT2D eigenvalue weighted by Gasteiger charge is -2.11. The molecule has 0 bridgehead atoms. The third-order valence-corrected chi connectivity index (χ3v) is 8.38. The second-order valence-corrected chi connectivity index (χ2v) is 11.2. The maximum absolute atomic E-state index is 11.7. The summed E-state index contributed by atoms with van der Waals surface area (Å²) >= 11 is 1.27. The van der Waals surface area contributed by atoms with Crippen molar-refractivity contribution in [2.45, 2.75) is 32.9 Å². The van der Waals surface area contributed by atoms with Crippen LogP contribution in [0.15, 0.2) is 36.5 Å². The Labute approximate surface area is 199 Å². The van der Waals surface area contributed by atoms with Crippen LogP contribution in [-0.4, -0.2) is 36.4 Å². The number of aryl methyl sites for hydroxylation is 1. The van der Waals surface area contributed by atoms with Gasteiger partial charge in [0.2, 0.25) is 0 Å². The highest BCUT2D eigenvalue weighted by atomic mass is 32.1. The molecule has 0 saturated heterocycles. The fourth-order valence-electron chi connectivity index (χ4n) is 3.20. The molecule has 0 amide bonds. The highest BCUT2D eigenvalue weighted by Crippen LogP contribution is 2.57. The molecule has 2 aromatic heterocycles. The van der Waals surface area contributed by atoms with E-state index in [0.29, 0.717) is 32.7 Å². The smallest absolute Gasteiger partial charge is 0.383 e. The van der Waals surface area contributed by atoms with Gasteiger partial charge in [0.05, 0.1) is 17.0 Å². The molecule has 6 N–H and O–H groups in total. The fraction of sp³-hybridized carbons (Fsp3) is 0.316. The number of aliphatic hydroxyl groups excluding tert-OH is 1. The minimum Gasteiger partial charge on any atom is -0.383 e. The van der Waals surface area contributed by atoms with Crippen molar-refractivity contribution in [3.05, 3.63) is 69.1 Å². The Morgan fingerprint density at radius 2 is 1.85 bits per heavy atom. The van der Waals surface area contributed by atoms with Crippen LogP contribution in [-0.2, 0) is 30.9 Å². The number of hydrogen-bond acceptors (Lipinski definition) is 9. The van der Waals surface area contributed by atoms with Gasteiger partial charge in [-0.15, -0.1) is 0 Å². The molecule has 12 nitrogen and oxygen atoms in total. The Bertz CT molecular complexity index is 1250. The molecule has 0 aliphatic carbocycles. The third kappa shape index (κ3) is 6.98. The number of anilines is 1. The molecule has 0 radical (unpaired) electrons. The maximum atomic E-state index is 11.7. The normalized spacial score (nSPS) is 14.6. The van der Waals surface area contributed by atoms with Crippen LogP contribution in [0.5, 0.6) is 0 Å². The van der Waals surface area contributed by atoms with E-state index < -0.39 is 21.7 Å². The molecular formula is C19H25N4O8P2S+. The van der Waals surface area contributed by atoms with Gasteiger partial charge >= 0.3 is 15.6 Å². The fourth-order valence-corrected chi connectivity index (χ4v) is 6.04. The van der Waals surface area contributed by atoms with Crippen LogP contribution in [0.25, 0.3) is 0 Å². The molecule has 2 heterocycles. The van der Waals surface area contributed by atoms with Gasteiger partial charge in [0, 0.05) is 19.5 Å². The first-order chi connectivity index (χ1) is 15.9. The van der Waals surface area contributed by atoms with Crippen molar-refractivity contribution in [1.29, 1.82) is 0 Å². The lowest BCUT2D eigenvalue weighted by molar-refractivity contribution is -0.699. The molecule has 0 spiro atoms. The highest BCUT2D eigenvalue weighted by Gasteiger charge is 2.34. The third-order valence-electron chi connectivity index (χ3n) is 4.79. The molecule has 34 heavy (non-hydrogen) atoms. The van der Waals surface area contributed by atoms with Crippen molar-refractivity contribution < 1.29 is 42.3 Å². The lowest BCUT2D eigenvalue weighted by Crippen LogP contribution is -2.41. The molecule has 2 atom stereocenters. The predicted octanol–water partition coefficient (Wildman–Crippen LogP) is 1.92. The molecule has 15 heteroatoms. The summed E-state index contributed by atoms with van der Waals surface area (Å²) in [6, 6.07) is 9.03. The summed E-state index contributed by atoms with van der Waals surface area (Å²) in [5.74, 6) is 0.841. The van der Waals surface area contributed by atoms with E-state index in [2.05, 4.69) is 14.3 Å². The zero-order valence-electron chi connectivity index (χ0n) is 18.3. The Hall–Kier alpha value is -2.05. The maximum Gasteiger partial charge on any atom is 0.481 e. The Kier molecular flexibility index (Phi) is 8.35. The monoisotopic (exact) mass is 531 g/mol. The molecule has 184 valence electrons. The van der Waals surface area contributed by atoms with Crippen LogP contribution < -0.4 is 10.3 Å². The van der Waals surface area contributed by atoms with Crippen molar-refractivity contribution in [3.63, 3.8) is 0 Å². The first kappa shape index (κ1) is 26.6. The number of nitrogen functional groups attached to an aromatic ring is 1. The van der Waals surface area contributed by atoms with Gasteiger partial charge in [0.1, 0.15) is 11.6 Å². The van der Waals surface area contributed by atoms with Gasteiger partial charge in [-0.25, -0.2) is 19.1 Å². The molecule has 0 aliphatic rings.